The quantitative estimate of drug-likeness (QED) is 0.494. The van der Waals surface area contributed by atoms with Crippen molar-refractivity contribution in [2.45, 2.75) is 72.0 Å². The van der Waals surface area contributed by atoms with Gasteiger partial charge in [-0.1, -0.05) is 25.0 Å². The lowest BCUT2D eigenvalue weighted by atomic mass is 9.87. The molecule has 0 aromatic carbocycles. The summed E-state index contributed by atoms with van der Waals surface area (Å²) >= 11 is 0. The van der Waals surface area contributed by atoms with E-state index in [2.05, 4.69) is 13.8 Å². The average molecular weight is 266 g/mol. The monoisotopic (exact) mass is 266 g/mol. The number of ether oxygens (including phenoxy) is 2. The van der Waals surface area contributed by atoms with Crippen LogP contribution in [0, 0.1) is 11.8 Å². The van der Waals surface area contributed by atoms with Gasteiger partial charge < -0.3 is 9.47 Å². The Morgan fingerprint density at radius 2 is 1.26 bits per heavy atom. The van der Waals surface area contributed by atoms with Crippen LogP contribution < -0.4 is 0 Å². The van der Waals surface area contributed by atoms with Crippen LogP contribution in [0.1, 0.15) is 59.8 Å². The summed E-state index contributed by atoms with van der Waals surface area (Å²) in [5, 5.41) is 0. The first-order valence-electron chi connectivity index (χ1n) is 7.72. The van der Waals surface area contributed by atoms with Crippen LogP contribution in [0.15, 0.2) is 24.7 Å². The van der Waals surface area contributed by atoms with Gasteiger partial charge in [-0.25, -0.2) is 0 Å². The van der Waals surface area contributed by atoms with Crippen LogP contribution in [0.2, 0.25) is 0 Å². The number of rotatable bonds is 6. The summed E-state index contributed by atoms with van der Waals surface area (Å²) in [5.74, 6) is 1.31. The van der Waals surface area contributed by atoms with Crippen molar-refractivity contribution in [3.8, 4) is 0 Å². The molecule has 0 N–H and O–H groups in total. The van der Waals surface area contributed by atoms with Crippen molar-refractivity contribution >= 4 is 0 Å². The average Bonchev–Trinajstić information content (AvgIpc) is 2.68. The molecular formula is C17H30O2. The number of allylic oxidation sites excluding steroid dienone is 2. The van der Waals surface area contributed by atoms with Gasteiger partial charge in [-0.2, -0.15) is 0 Å². The van der Waals surface area contributed by atoms with E-state index in [1.165, 1.54) is 32.1 Å². The first-order valence-corrected chi connectivity index (χ1v) is 7.72. The molecule has 19 heavy (non-hydrogen) atoms. The molecule has 0 spiro atoms. The molecule has 0 amide bonds. The molecule has 4 atom stereocenters. The Kier molecular flexibility index (Phi) is 7.69. The highest BCUT2D eigenvalue weighted by Gasteiger charge is 2.28. The minimum atomic E-state index is 0.311. The van der Waals surface area contributed by atoms with Crippen molar-refractivity contribution in [1.82, 2.24) is 0 Å². The standard InChI is InChI=1S/C17H30O2/c1-5-11-18-14(3)16-9-7-8-10-17(13-16)15(4)19-12-6-2/h5-6,11-12,14-17H,7-10,13H2,1-4H3. The molecule has 0 bridgehead atoms. The molecule has 0 aliphatic heterocycles. The van der Waals surface area contributed by atoms with E-state index in [0.29, 0.717) is 24.0 Å². The zero-order valence-corrected chi connectivity index (χ0v) is 13.0. The van der Waals surface area contributed by atoms with Crippen molar-refractivity contribution in [3.63, 3.8) is 0 Å². The largest absolute Gasteiger partial charge is 0.498 e. The highest BCUT2D eigenvalue weighted by Crippen LogP contribution is 2.33. The van der Waals surface area contributed by atoms with Gasteiger partial charge in [0.25, 0.3) is 0 Å². The Hall–Kier alpha value is -0.920. The van der Waals surface area contributed by atoms with E-state index in [1.54, 1.807) is 0 Å². The Balaban J connectivity index is 2.54. The van der Waals surface area contributed by atoms with Gasteiger partial charge in [-0.05, 0) is 58.8 Å². The van der Waals surface area contributed by atoms with Gasteiger partial charge in [0.2, 0.25) is 0 Å². The smallest absolute Gasteiger partial charge is 0.0978 e. The predicted molar refractivity (Wildman–Crippen MR) is 80.8 cm³/mol. The van der Waals surface area contributed by atoms with E-state index in [0.717, 1.165) is 0 Å². The van der Waals surface area contributed by atoms with Gasteiger partial charge in [0.1, 0.15) is 0 Å². The van der Waals surface area contributed by atoms with Crippen LogP contribution >= 0.6 is 0 Å². The Morgan fingerprint density at radius 3 is 1.63 bits per heavy atom. The Labute approximate surface area is 118 Å². The van der Waals surface area contributed by atoms with Gasteiger partial charge in [-0.3, -0.25) is 0 Å². The molecule has 1 rings (SSSR count). The fourth-order valence-electron chi connectivity index (χ4n) is 2.92. The summed E-state index contributed by atoms with van der Waals surface area (Å²) in [6.07, 6.45) is 14.6. The lowest BCUT2D eigenvalue weighted by Gasteiger charge is -2.28. The molecule has 1 aliphatic carbocycles. The maximum absolute atomic E-state index is 5.76. The fourth-order valence-corrected chi connectivity index (χ4v) is 2.92. The third-order valence-corrected chi connectivity index (χ3v) is 4.19. The second-order valence-corrected chi connectivity index (χ2v) is 5.66. The van der Waals surface area contributed by atoms with Crippen LogP contribution in [0.25, 0.3) is 0 Å². The SMILES string of the molecule is CC=COC(C)C1CCCCC(C(C)OC=CC)C1. The lowest BCUT2D eigenvalue weighted by molar-refractivity contribution is 0.0517. The molecule has 0 aromatic rings. The van der Waals surface area contributed by atoms with Crippen LogP contribution in [0.3, 0.4) is 0 Å². The van der Waals surface area contributed by atoms with Crippen LogP contribution in [-0.4, -0.2) is 12.2 Å². The second kappa shape index (κ2) is 9.06. The molecule has 0 heterocycles. The zero-order chi connectivity index (χ0) is 14.1. The molecule has 4 unspecified atom stereocenters. The van der Waals surface area contributed by atoms with Gasteiger partial charge in [0.15, 0.2) is 0 Å². The van der Waals surface area contributed by atoms with E-state index in [-0.39, 0.29) is 0 Å². The van der Waals surface area contributed by atoms with E-state index in [1.807, 2.05) is 38.5 Å². The fraction of sp³-hybridized carbons (Fsp3) is 0.765. The van der Waals surface area contributed by atoms with Crippen LogP contribution in [-0.2, 0) is 9.47 Å². The summed E-state index contributed by atoms with van der Waals surface area (Å²) in [7, 11) is 0. The van der Waals surface area contributed by atoms with E-state index < -0.39 is 0 Å². The Morgan fingerprint density at radius 1 is 0.842 bits per heavy atom. The lowest BCUT2D eigenvalue weighted by Crippen LogP contribution is -2.25. The summed E-state index contributed by atoms with van der Waals surface area (Å²) < 4.78 is 11.5. The molecule has 0 aromatic heterocycles. The highest BCUT2D eigenvalue weighted by molar-refractivity contribution is 4.81. The van der Waals surface area contributed by atoms with Crippen molar-refractivity contribution < 1.29 is 9.47 Å². The highest BCUT2D eigenvalue weighted by atomic mass is 16.5. The normalized spacial score (nSPS) is 28.2. The number of hydrogen-bond acceptors (Lipinski definition) is 2. The topological polar surface area (TPSA) is 18.5 Å². The molecule has 110 valence electrons. The summed E-state index contributed by atoms with van der Waals surface area (Å²) in [6, 6.07) is 0. The molecule has 1 saturated carbocycles. The molecule has 1 fully saturated rings. The van der Waals surface area contributed by atoms with Crippen molar-refractivity contribution in [2.75, 3.05) is 0 Å². The Bertz CT molecular complexity index is 255. The third kappa shape index (κ3) is 5.71. The van der Waals surface area contributed by atoms with Crippen molar-refractivity contribution in [1.29, 1.82) is 0 Å². The summed E-state index contributed by atoms with van der Waals surface area (Å²) in [4.78, 5) is 0. The molecule has 0 radical (unpaired) electrons. The summed E-state index contributed by atoms with van der Waals surface area (Å²) in [6.45, 7) is 8.39. The first kappa shape index (κ1) is 16.1. The van der Waals surface area contributed by atoms with Gasteiger partial charge in [-0.15, -0.1) is 0 Å². The van der Waals surface area contributed by atoms with E-state index in [4.69, 9.17) is 9.47 Å². The molecule has 1 aliphatic rings. The summed E-state index contributed by atoms with van der Waals surface area (Å²) in [5.41, 5.74) is 0. The second-order valence-electron chi connectivity index (χ2n) is 5.66. The zero-order valence-electron chi connectivity index (χ0n) is 13.0. The van der Waals surface area contributed by atoms with E-state index in [9.17, 15) is 0 Å². The van der Waals surface area contributed by atoms with Crippen molar-refractivity contribution in [2.24, 2.45) is 11.8 Å². The minimum absolute atomic E-state index is 0.311. The molecule has 2 heteroatoms. The number of hydrogen-bond donors (Lipinski definition) is 0. The van der Waals surface area contributed by atoms with Gasteiger partial charge >= 0.3 is 0 Å². The maximum atomic E-state index is 5.76. The van der Waals surface area contributed by atoms with E-state index >= 15 is 0 Å². The molecule has 0 saturated heterocycles. The van der Waals surface area contributed by atoms with Gasteiger partial charge in [0.05, 0.1) is 24.7 Å². The minimum Gasteiger partial charge on any atom is -0.498 e. The van der Waals surface area contributed by atoms with Crippen LogP contribution in [0.4, 0.5) is 0 Å². The van der Waals surface area contributed by atoms with Crippen molar-refractivity contribution in [3.05, 3.63) is 24.7 Å². The van der Waals surface area contributed by atoms with Crippen LogP contribution in [0.5, 0.6) is 0 Å². The molecule has 2 nitrogen and oxygen atoms in total. The predicted octanol–water partition coefficient (Wildman–Crippen LogP) is 5.06. The maximum Gasteiger partial charge on any atom is 0.0978 e. The molecular weight excluding hydrogens is 236 g/mol. The third-order valence-electron chi connectivity index (χ3n) is 4.19. The van der Waals surface area contributed by atoms with Gasteiger partial charge in [0, 0.05) is 0 Å². The first-order chi connectivity index (χ1) is 9.19.